The van der Waals surface area contributed by atoms with E-state index in [-0.39, 0.29) is 11.7 Å². The van der Waals surface area contributed by atoms with Gasteiger partial charge in [-0.25, -0.2) is 4.39 Å². The van der Waals surface area contributed by atoms with E-state index >= 15 is 0 Å². The molecule has 0 radical (unpaired) electrons. The number of nitrogens with one attached hydrogen (secondary N) is 2. The highest BCUT2D eigenvalue weighted by Crippen LogP contribution is 2.15. The molecule has 0 unspecified atom stereocenters. The Balaban J connectivity index is 1.65. The van der Waals surface area contributed by atoms with E-state index in [4.69, 9.17) is 0 Å². The summed E-state index contributed by atoms with van der Waals surface area (Å²) in [4.78, 5) is 13.8. The molecule has 128 valence electrons. The molecule has 24 heavy (non-hydrogen) atoms. The maximum absolute atomic E-state index is 13.5. The molecule has 2 rings (SSSR count). The van der Waals surface area contributed by atoms with Crippen molar-refractivity contribution < 1.29 is 9.18 Å². The number of hydrogen-bond acceptors (Lipinski definition) is 3. The van der Waals surface area contributed by atoms with Crippen molar-refractivity contribution in [2.75, 3.05) is 37.4 Å². The van der Waals surface area contributed by atoms with Gasteiger partial charge in [-0.3, -0.25) is 4.79 Å². The Morgan fingerprint density at radius 1 is 1.04 bits per heavy atom. The molecule has 0 saturated carbocycles. The van der Waals surface area contributed by atoms with Gasteiger partial charge in [0.1, 0.15) is 5.82 Å². The van der Waals surface area contributed by atoms with Crippen LogP contribution in [0.5, 0.6) is 0 Å². The highest BCUT2D eigenvalue weighted by molar-refractivity contribution is 5.76. The SMILES string of the molecule is CN(C)c1ccc(NCCC(=O)NCCc2ccccc2F)cc1. The lowest BCUT2D eigenvalue weighted by molar-refractivity contribution is -0.120. The quantitative estimate of drug-likeness (QED) is 0.782. The summed E-state index contributed by atoms with van der Waals surface area (Å²) in [5, 5.41) is 6.04. The Hall–Kier alpha value is -2.56. The van der Waals surface area contributed by atoms with E-state index in [9.17, 15) is 9.18 Å². The summed E-state index contributed by atoms with van der Waals surface area (Å²) in [7, 11) is 3.99. The van der Waals surface area contributed by atoms with Gasteiger partial charge >= 0.3 is 0 Å². The topological polar surface area (TPSA) is 44.4 Å². The first kappa shape index (κ1) is 17.8. The van der Waals surface area contributed by atoms with Gasteiger partial charge in [-0.2, -0.15) is 0 Å². The molecular formula is C19H24FN3O. The molecule has 0 fully saturated rings. The van der Waals surface area contributed by atoms with Crippen LogP contribution in [0.4, 0.5) is 15.8 Å². The maximum atomic E-state index is 13.5. The lowest BCUT2D eigenvalue weighted by Crippen LogP contribution is -2.27. The number of benzene rings is 2. The highest BCUT2D eigenvalue weighted by Gasteiger charge is 2.03. The van der Waals surface area contributed by atoms with Crippen molar-refractivity contribution in [3.05, 3.63) is 59.9 Å². The van der Waals surface area contributed by atoms with Gasteiger partial charge in [-0.05, 0) is 42.3 Å². The van der Waals surface area contributed by atoms with Crippen LogP contribution < -0.4 is 15.5 Å². The van der Waals surface area contributed by atoms with Crippen LogP contribution in [0, 0.1) is 5.82 Å². The first-order chi connectivity index (χ1) is 11.6. The van der Waals surface area contributed by atoms with Gasteiger partial charge in [0.05, 0.1) is 0 Å². The second-order valence-corrected chi connectivity index (χ2v) is 5.81. The molecule has 0 aromatic heterocycles. The molecule has 0 spiro atoms. The van der Waals surface area contributed by atoms with E-state index in [1.807, 2.05) is 43.3 Å². The molecule has 5 heteroatoms. The number of anilines is 2. The molecule has 0 aliphatic rings. The van der Waals surface area contributed by atoms with E-state index in [0.29, 0.717) is 31.5 Å². The fraction of sp³-hybridized carbons (Fsp3) is 0.316. The van der Waals surface area contributed by atoms with Crippen LogP contribution in [-0.2, 0) is 11.2 Å². The first-order valence-corrected chi connectivity index (χ1v) is 8.07. The number of carbonyl (C=O) groups excluding carboxylic acids is 1. The van der Waals surface area contributed by atoms with E-state index < -0.39 is 0 Å². The Morgan fingerprint density at radius 2 is 1.75 bits per heavy atom. The van der Waals surface area contributed by atoms with E-state index in [1.165, 1.54) is 6.07 Å². The van der Waals surface area contributed by atoms with E-state index in [0.717, 1.165) is 11.4 Å². The summed E-state index contributed by atoms with van der Waals surface area (Å²) in [5.41, 5.74) is 2.74. The summed E-state index contributed by atoms with van der Waals surface area (Å²) < 4.78 is 13.5. The average molecular weight is 329 g/mol. The third-order valence-corrected chi connectivity index (χ3v) is 3.74. The number of hydrogen-bond donors (Lipinski definition) is 2. The Labute approximate surface area is 142 Å². The zero-order valence-corrected chi connectivity index (χ0v) is 14.2. The average Bonchev–Trinajstić information content (AvgIpc) is 2.57. The van der Waals surface area contributed by atoms with Gasteiger partial charge in [0.15, 0.2) is 0 Å². The molecular weight excluding hydrogens is 305 g/mol. The van der Waals surface area contributed by atoms with Crippen molar-refractivity contribution >= 4 is 17.3 Å². The standard InChI is InChI=1S/C19H24FN3O/c1-23(2)17-9-7-16(8-10-17)21-14-12-19(24)22-13-11-15-5-3-4-6-18(15)20/h3-10,21H,11-14H2,1-2H3,(H,22,24). The van der Waals surface area contributed by atoms with Gasteiger partial charge in [0.25, 0.3) is 0 Å². The lowest BCUT2D eigenvalue weighted by atomic mass is 10.1. The van der Waals surface area contributed by atoms with Gasteiger partial charge in [-0.15, -0.1) is 0 Å². The summed E-state index contributed by atoms with van der Waals surface area (Å²) >= 11 is 0. The van der Waals surface area contributed by atoms with Gasteiger partial charge in [0, 0.05) is 45.0 Å². The summed E-state index contributed by atoms with van der Waals surface area (Å²) in [5.74, 6) is -0.265. The first-order valence-electron chi connectivity index (χ1n) is 8.07. The van der Waals surface area contributed by atoms with Crippen LogP contribution in [0.15, 0.2) is 48.5 Å². The number of nitrogens with zero attached hydrogens (tertiary/aromatic N) is 1. The Morgan fingerprint density at radius 3 is 2.42 bits per heavy atom. The third kappa shape index (κ3) is 5.57. The van der Waals surface area contributed by atoms with Crippen LogP contribution in [0.1, 0.15) is 12.0 Å². The van der Waals surface area contributed by atoms with Gasteiger partial charge < -0.3 is 15.5 Å². The molecule has 0 aliphatic carbocycles. The second kappa shape index (κ2) is 8.91. The van der Waals surface area contributed by atoms with Crippen molar-refractivity contribution in [3.63, 3.8) is 0 Å². The number of amides is 1. The summed E-state index contributed by atoms with van der Waals surface area (Å²) in [6, 6.07) is 14.7. The zero-order chi connectivity index (χ0) is 17.4. The van der Waals surface area contributed by atoms with Crippen molar-refractivity contribution in [2.24, 2.45) is 0 Å². The van der Waals surface area contributed by atoms with Crippen molar-refractivity contribution in [3.8, 4) is 0 Å². The van der Waals surface area contributed by atoms with Crippen molar-refractivity contribution in [2.45, 2.75) is 12.8 Å². The number of halogens is 1. The smallest absolute Gasteiger partial charge is 0.221 e. The van der Waals surface area contributed by atoms with Crippen LogP contribution in [0.25, 0.3) is 0 Å². The Kier molecular flexibility index (Phi) is 6.61. The highest BCUT2D eigenvalue weighted by atomic mass is 19.1. The number of rotatable bonds is 8. The minimum atomic E-state index is -0.227. The molecule has 0 saturated heterocycles. The predicted octanol–water partition coefficient (Wildman–Crippen LogP) is 3.05. The molecule has 0 aliphatic heterocycles. The van der Waals surface area contributed by atoms with E-state index in [1.54, 1.807) is 18.2 Å². The maximum Gasteiger partial charge on any atom is 0.221 e. The largest absolute Gasteiger partial charge is 0.385 e. The van der Waals surface area contributed by atoms with Crippen LogP contribution in [0.3, 0.4) is 0 Å². The molecule has 2 aromatic carbocycles. The van der Waals surface area contributed by atoms with Gasteiger partial charge in [0.2, 0.25) is 5.91 Å². The second-order valence-electron chi connectivity index (χ2n) is 5.81. The normalized spacial score (nSPS) is 10.3. The Bertz CT molecular complexity index is 656. The minimum absolute atomic E-state index is 0.0382. The molecule has 0 atom stereocenters. The van der Waals surface area contributed by atoms with Crippen LogP contribution in [0.2, 0.25) is 0 Å². The predicted molar refractivity (Wildman–Crippen MR) is 97.0 cm³/mol. The van der Waals surface area contributed by atoms with Crippen LogP contribution in [-0.4, -0.2) is 33.1 Å². The minimum Gasteiger partial charge on any atom is -0.385 e. The lowest BCUT2D eigenvalue weighted by Gasteiger charge is -2.13. The monoisotopic (exact) mass is 329 g/mol. The zero-order valence-electron chi connectivity index (χ0n) is 14.2. The molecule has 2 N–H and O–H groups in total. The third-order valence-electron chi connectivity index (χ3n) is 3.74. The fourth-order valence-electron chi connectivity index (χ4n) is 2.32. The molecule has 0 bridgehead atoms. The molecule has 4 nitrogen and oxygen atoms in total. The van der Waals surface area contributed by atoms with Gasteiger partial charge in [-0.1, -0.05) is 18.2 Å². The number of carbonyl (C=O) groups is 1. The van der Waals surface area contributed by atoms with Crippen LogP contribution >= 0.6 is 0 Å². The fourth-order valence-corrected chi connectivity index (χ4v) is 2.32. The molecule has 1 amide bonds. The van der Waals surface area contributed by atoms with E-state index in [2.05, 4.69) is 10.6 Å². The van der Waals surface area contributed by atoms with Crippen molar-refractivity contribution in [1.82, 2.24) is 5.32 Å². The summed E-state index contributed by atoms with van der Waals surface area (Å²) in [6.07, 6.45) is 0.880. The molecule has 2 aromatic rings. The van der Waals surface area contributed by atoms with Crippen molar-refractivity contribution in [1.29, 1.82) is 0 Å². The summed E-state index contributed by atoms with van der Waals surface area (Å²) in [6.45, 7) is 1.00. The molecule has 0 heterocycles.